The van der Waals surface area contributed by atoms with E-state index < -0.39 is 17.9 Å². The highest BCUT2D eigenvalue weighted by Gasteiger charge is 2.03. The summed E-state index contributed by atoms with van der Waals surface area (Å²) in [6, 6.07) is 0. The van der Waals surface area contributed by atoms with Gasteiger partial charge in [-0.05, 0) is 6.92 Å². The van der Waals surface area contributed by atoms with Crippen LogP contribution in [0.25, 0.3) is 0 Å². The Morgan fingerprint density at radius 2 is 1.75 bits per heavy atom. The number of carboxylic acids is 1. The first-order valence-corrected chi connectivity index (χ1v) is 4.34. The summed E-state index contributed by atoms with van der Waals surface area (Å²) in [7, 11) is 0. The zero-order valence-electron chi connectivity index (χ0n) is 8.76. The van der Waals surface area contributed by atoms with E-state index in [9.17, 15) is 14.4 Å². The minimum absolute atomic E-state index is 0.0989. The van der Waals surface area contributed by atoms with E-state index in [0.29, 0.717) is 6.08 Å². The monoisotopic (exact) mass is 228 g/mol. The van der Waals surface area contributed by atoms with Gasteiger partial charge in [-0.25, -0.2) is 14.4 Å². The fourth-order valence-corrected chi connectivity index (χ4v) is 0.587. The molecular formula is C10H12O6. The van der Waals surface area contributed by atoms with Crippen molar-refractivity contribution in [2.75, 3.05) is 13.2 Å². The van der Waals surface area contributed by atoms with E-state index in [4.69, 9.17) is 5.11 Å². The molecule has 1 N–H and O–H groups in total. The van der Waals surface area contributed by atoms with Crippen LogP contribution in [0.1, 0.15) is 6.92 Å². The van der Waals surface area contributed by atoms with Crippen LogP contribution in [0.4, 0.5) is 0 Å². The summed E-state index contributed by atoms with van der Waals surface area (Å²) >= 11 is 0. The van der Waals surface area contributed by atoms with Crippen LogP contribution in [0.3, 0.4) is 0 Å². The summed E-state index contributed by atoms with van der Waals surface area (Å²) in [5, 5.41) is 8.19. The fraction of sp³-hybridized carbons (Fsp3) is 0.300. The van der Waals surface area contributed by atoms with E-state index in [1.54, 1.807) is 0 Å². The number of carbonyl (C=O) groups is 3. The van der Waals surface area contributed by atoms with Gasteiger partial charge in [0, 0.05) is 17.7 Å². The van der Waals surface area contributed by atoms with Crippen molar-refractivity contribution >= 4 is 17.9 Å². The maximum absolute atomic E-state index is 10.8. The van der Waals surface area contributed by atoms with Gasteiger partial charge in [0.2, 0.25) is 0 Å². The molecule has 0 saturated heterocycles. The van der Waals surface area contributed by atoms with Gasteiger partial charge in [0.1, 0.15) is 13.2 Å². The van der Waals surface area contributed by atoms with E-state index in [1.165, 1.54) is 6.92 Å². The van der Waals surface area contributed by atoms with Gasteiger partial charge in [-0.1, -0.05) is 6.58 Å². The van der Waals surface area contributed by atoms with E-state index in [1.807, 2.05) is 0 Å². The van der Waals surface area contributed by atoms with Crippen molar-refractivity contribution in [2.24, 2.45) is 0 Å². The number of ether oxygens (including phenoxy) is 2. The van der Waals surface area contributed by atoms with Crippen molar-refractivity contribution in [3.63, 3.8) is 0 Å². The molecule has 0 amide bonds. The third kappa shape index (κ3) is 7.31. The smallest absolute Gasteiger partial charge is 0.333 e. The van der Waals surface area contributed by atoms with Crippen molar-refractivity contribution in [3.05, 3.63) is 24.3 Å². The van der Waals surface area contributed by atoms with Crippen LogP contribution in [-0.2, 0) is 23.9 Å². The average Bonchev–Trinajstić information content (AvgIpc) is 2.20. The lowest BCUT2D eigenvalue weighted by atomic mass is 10.4. The summed E-state index contributed by atoms with van der Waals surface area (Å²) in [5.41, 5.74) is 0.247. The van der Waals surface area contributed by atoms with Crippen LogP contribution in [0, 0.1) is 0 Å². The summed E-state index contributed by atoms with van der Waals surface area (Å²) < 4.78 is 9.15. The molecule has 0 atom stereocenters. The van der Waals surface area contributed by atoms with Crippen molar-refractivity contribution in [1.29, 1.82) is 0 Å². The zero-order chi connectivity index (χ0) is 12.6. The Morgan fingerprint density at radius 1 is 1.19 bits per heavy atom. The summed E-state index contributed by atoms with van der Waals surface area (Å²) in [6.45, 7) is 4.61. The standard InChI is InChI=1S/C10H12O6/c1-7(2)10(14)16-6-5-15-9(13)4-3-8(11)12/h3-4H,1,5-6H2,2H3,(H,11,12)/b4-3-. The highest BCUT2D eigenvalue weighted by Crippen LogP contribution is 1.92. The first-order valence-electron chi connectivity index (χ1n) is 4.34. The minimum atomic E-state index is -1.24. The maximum Gasteiger partial charge on any atom is 0.333 e. The van der Waals surface area contributed by atoms with Gasteiger partial charge >= 0.3 is 17.9 Å². The largest absolute Gasteiger partial charge is 0.478 e. The zero-order valence-corrected chi connectivity index (χ0v) is 8.76. The topological polar surface area (TPSA) is 89.9 Å². The van der Waals surface area contributed by atoms with E-state index in [2.05, 4.69) is 16.1 Å². The summed E-state index contributed by atoms with van der Waals surface area (Å²) in [6.07, 6.45) is 1.42. The van der Waals surface area contributed by atoms with Crippen molar-refractivity contribution in [2.45, 2.75) is 6.92 Å². The Kier molecular flexibility index (Phi) is 6.27. The summed E-state index contributed by atoms with van der Waals surface area (Å²) in [4.78, 5) is 31.7. The van der Waals surface area contributed by atoms with Crippen LogP contribution in [0.2, 0.25) is 0 Å². The molecule has 0 spiro atoms. The van der Waals surface area contributed by atoms with Crippen molar-refractivity contribution in [1.82, 2.24) is 0 Å². The van der Waals surface area contributed by atoms with Crippen LogP contribution in [-0.4, -0.2) is 36.2 Å². The van der Waals surface area contributed by atoms with E-state index in [-0.39, 0.29) is 18.8 Å². The second-order valence-corrected chi connectivity index (χ2v) is 2.76. The summed E-state index contributed by atoms with van der Waals surface area (Å²) in [5.74, 6) is -2.63. The number of hydrogen-bond acceptors (Lipinski definition) is 5. The van der Waals surface area contributed by atoms with Gasteiger partial charge in [-0.2, -0.15) is 0 Å². The first kappa shape index (κ1) is 13.9. The Hall–Kier alpha value is -2.11. The molecule has 0 aromatic heterocycles. The van der Waals surface area contributed by atoms with E-state index in [0.717, 1.165) is 6.08 Å². The second kappa shape index (κ2) is 7.22. The average molecular weight is 228 g/mol. The molecule has 0 radical (unpaired) electrons. The third-order valence-corrected chi connectivity index (χ3v) is 1.27. The molecule has 0 aromatic carbocycles. The predicted octanol–water partition coefficient (Wildman–Crippen LogP) is 0.290. The van der Waals surface area contributed by atoms with Crippen LogP contribution >= 0.6 is 0 Å². The fourth-order valence-electron chi connectivity index (χ4n) is 0.587. The Balaban J connectivity index is 3.67. The molecule has 0 saturated carbocycles. The number of carbonyl (C=O) groups excluding carboxylic acids is 2. The van der Waals surface area contributed by atoms with Crippen LogP contribution in [0.15, 0.2) is 24.3 Å². The number of rotatable bonds is 6. The number of esters is 2. The molecule has 0 rings (SSSR count). The van der Waals surface area contributed by atoms with Gasteiger partial charge in [-0.15, -0.1) is 0 Å². The number of carboxylic acid groups (broad SMARTS) is 1. The first-order chi connectivity index (χ1) is 7.43. The number of hydrogen-bond donors (Lipinski definition) is 1. The predicted molar refractivity (Wildman–Crippen MR) is 53.5 cm³/mol. The Morgan fingerprint density at radius 3 is 2.25 bits per heavy atom. The molecule has 0 fully saturated rings. The normalized spacial score (nSPS) is 9.81. The second-order valence-electron chi connectivity index (χ2n) is 2.76. The Bertz CT molecular complexity index is 328. The van der Waals surface area contributed by atoms with Gasteiger partial charge in [0.05, 0.1) is 0 Å². The SMILES string of the molecule is C=C(C)C(=O)OCCOC(=O)/C=C\C(=O)O. The highest BCUT2D eigenvalue weighted by molar-refractivity contribution is 5.90. The molecule has 6 nitrogen and oxygen atoms in total. The Labute approximate surface area is 92.2 Å². The molecule has 0 bridgehead atoms. The molecule has 6 heteroatoms. The molecule has 0 aliphatic carbocycles. The molecule has 0 aliphatic rings. The molecule has 88 valence electrons. The molecule has 0 aromatic rings. The maximum atomic E-state index is 10.8. The van der Waals surface area contributed by atoms with Crippen molar-refractivity contribution < 1.29 is 29.0 Å². The lowest BCUT2D eigenvalue weighted by molar-refractivity contribution is -0.146. The lowest BCUT2D eigenvalue weighted by Gasteiger charge is -2.03. The van der Waals surface area contributed by atoms with Gasteiger partial charge in [0.15, 0.2) is 0 Å². The third-order valence-electron chi connectivity index (χ3n) is 1.27. The molecule has 0 aliphatic heterocycles. The van der Waals surface area contributed by atoms with Gasteiger partial charge < -0.3 is 14.6 Å². The van der Waals surface area contributed by atoms with Gasteiger partial charge in [0.25, 0.3) is 0 Å². The van der Waals surface area contributed by atoms with Gasteiger partial charge in [-0.3, -0.25) is 0 Å². The molecule has 16 heavy (non-hydrogen) atoms. The molecule has 0 heterocycles. The molecule has 0 unspecified atom stereocenters. The van der Waals surface area contributed by atoms with Crippen molar-refractivity contribution in [3.8, 4) is 0 Å². The quantitative estimate of drug-likeness (QED) is 0.399. The number of aliphatic carboxylic acids is 1. The minimum Gasteiger partial charge on any atom is -0.478 e. The highest BCUT2D eigenvalue weighted by atomic mass is 16.6. The van der Waals surface area contributed by atoms with Crippen LogP contribution < -0.4 is 0 Å². The van der Waals surface area contributed by atoms with Crippen LogP contribution in [0.5, 0.6) is 0 Å². The lowest BCUT2D eigenvalue weighted by Crippen LogP contribution is -2.13. The molecular weight excluding hydrogens is 216 g/mol. The van der Waals surface area contributed by atoms with E-state index >= 15 is 0 Å².